The summed E-state index contributed by atoms with van der Waals surface area (Å²) in [6.45, 7) is 0.0256. The number of rotatable bonds is 5. The predicted molar refractivity (Wildman–Crippen MR) is 33.7 cm³/mol. The summed E-state index contributed by atoms with van der Waals surface area (Å²) in [5.74, 6) is -0.945. The zero-order chi connectivity index (χ0) is 7.98. The van der Waals surface area contributed by atoms with Gasteiger partial charge in [-0.1, -0.05) is 0 Å². The fraction of sp³-hybridized carbons (Fsp3) is 0.800. The first-order valence-electron chi connectivity index (χ1n) is 2.88. The Labute approximate surface area is 58.5 Å². The van der Waals surface area contributed by atoms with Crippen LogP contribution in [0.3, 0.4) is 0 Å². The van der Waals surface area contributed by atoms with E-state index in [1.165, 1.54) is 7.05 Å². The molecular weight excluding hydrogens is 138 g/mol. The lowest BCUT2D eigenvalue weighted by Crippen LogP contribution is -2.34. The van der Waals surface area contributed by atoms with Crippen molar-refractivity contribution in [3.8, 4) is 0 Å². The molecule has 0 aromatic heterocycles. The Kier molecular flexibility index (Phi) is 4.82. The van der Waals surface area contributed by atoms with Gasteiger partial charge in [0.1, 0.15) is 6.04 Å². The highest BCUT2D eigenvalue weighted by Gasteiger charge is 2.13. The summed E-state index contributed by atoms with van der Waals surface area (Å²) in [6.07, 6.45) is 0.252. The van der Waals surface area contributed by atoms with Crippen LogP contribution in [0.15, 0.2) is 0 Å². The van der Waals surface area contributed by atoms with Crippen LogP contribution in [0, 0.1) is 0 Å². The van der Waals surface area contributed by atoms with Crippen LogP contribution in [0.5, 0.6) is 0 Å². The summed E-state index contributed by atoms with van der Waals surface area (Å²) in [5.41, 5.74) is 0. The molecule has 1 atom stereocenters. The summed E-state index contributed by atoms with van der Waals surface area (Å²) in [6, 6.07) is -0.646. The molecule has 0 aromatic carbocycles. The highest BCUT2D eigenvalue weighted by molar-refractivity contribution is 5.73. The Bertz CT molecular complexity index is 106. The van der Waals surface area contributed by atoms with E-state index in [4.69, 9.17) is 10.4 Å². The van der Waals surface area contributed by atoms with Crippen LogP contribution in [0.2, 0.25) is 0 Å². The SMILES string of the molecule is CNC(CCOO)C(=O)O. The van der Waals surface area contributed by atoms with Gasteiger partial charge >= 0.3 is 5.97 Å². The molecule has 0 rings (SSSR count). The molecule has 1 unspecified atom stereocenters. The summed E-state index contributed by atoms with van der Waals surface area (Å²) < 4.78 is 0. The van der Waals surface area contributed by atoms with Crippen LogP contribution < -0.4 is 5.32 Å². The van der Waals surface area contributed by atoms with Gasteiger partial charge in [0.25, 0.3) is 0 Å². The van der Waals surface area contributed by atoms with E-state index in [0.29, 0.717) is 0 Å². The third-order valence-electron chi connectivity index (χ3n) is 1.14. The fourth-order valence-corrected chi connectivity index (χ4v) is 0.562. The Balaban J connectivity index is 3.50. The zero-order valence-corrected chi connectivity index (χ0v) is 5.70. The minimum absolute atomic E-state index is 0.0256. The lowest BCUT2D eigenvalue weighted by atomic mass is 10.2. The molecule has 0 aromatic rings. The van der Waals surface area contributed by atoms with Crippen molar-refractivity contribution >= 4 is 5.97 Å². The number of nitrogens with one attached hydrogen (secondary N) is 1. The molecule has 0 amide bonds. The summed E-state index contributed by atoms with van der Waals surface area (Å²) in [4.78, 5) is 14.0. The molecule has 3 N–H and O–H groups in total. The van der Waals surface area contributed by atoms with Gasteiger partial charge in [0.2, 0.25) is 0 Å². The second-order valence-electron chi connectivity index (χ2n) is 1.80. The Morgan fingerprint density at radius 3 is 2.70 bits per heavy atom. The third-order valence-corrected chi connectivity index (χ3v) is 1.14. The lowest BCUT2D eigenvalue weighted by molar-refractivity contribution is -0.243. The molecule has 5 heteroatoms. The van der Waals surface area contributed by atoms with Crippen LogP contribution in [0.4, 0.5) is 0 Å². The number of carboxylic acids is 1. The van der Waals surface area contributed by atoms with Gasteiger partial charge in [-0.2, -0.15) is 0 Å². The maximum Gasteiger partial charge on any atom is 0.320 e. The molecule has 0 radical (unpaired) electrons. The summed E-state index contributed by atoms with van der Waals surface area (Å²) in [5, 5.41) is 18.8. The molecule has 0 aliphatic carbocycles. The highest BCUT2D eigenvalue weighted by Crippen LogP contribution is 1.90. The quantitative estimate of drug-likeness (QED) is 0.364. The minimum atomic E-state index is -0.945. The van der Waals surface area contributed by atoms with Crippen molar-refractivity contribution in [1.29, 1.82) is 0 Å². The predicted octanol–water partition coefficient (Wildman–Crippen LogP) is -0.461. The Hall–Kier alpha value is -0.650. The van der Waals surface area contributed by atoms with Crippen molar-refractivity contribution in [2.24, 2.45) is 0 Å². The first-order valence-corrected chi connectivity index (χ1v) is 2.88. The molecule has 0 spiro atoms. The van der Waals surface area contributed by atoms with Gasteiger partial charge in [0.05, 0.1) is 6.61 Å². The van der Waals surface area contributed by atoms with Crippen LogP contribution in [-0.2, 0) is 9.68 Å². The van der Waals surface area contributed by atoms with Crippen molar-refractivity contribution in [3.05, 3.63) is 0 Å². The van der Waals surface area contributed by atoms with Crippen molar-refractivity contribution in [1.82, 2.24) is 5.32 Å². The molecule has 0 saturated carbocycles. The van der Waals surface area contributed by atoms with Crippen LogP contribution >= 0.6 is 0 Å². The van der Waals surface area contributed by atoms with E-state index in [1.54, 1.807) is 0 Å². The maximum absolute atomic E-state index is 10.2. The first kappa shape index (κ1) is 9.35. The van der Waals surface area contributed by atoms with Crippen molar-refractivity contribution in [2.75, 3.05) is 13.7 Å². The number of carboxylic acid groups (broad SMARTS) is 1. The number of carbonyl (C=O) groups is 1. The van der Waals surface area contributed by atoms with Gasteiger partial charge in [0.15, 0.2) is 0 Å². The molecular formula is C5H11NO4. The molecule has 0 fully saturated rings. The molecule has 10 heavy (non-hydrogen) atoms. The van der Waals surface area contributed by atoms with Crippen molar-refractivity contribution < 1.29 is 20.0 Å². The summed E-state index contributed by atoms with van der Waals surface area (Å²) in [7, 11) is 1.54. The first-order chi connectivity index (χ1) is 4.72. The van der Waals surface area contributed by atoms with Gasteiger partial charge in [-0.05, 0) is 13.5 Å². The molecule has 0 saturated heterocycles. The van der Waals surface area contributed by atoms with Crippen molar-refractivity contribution in [2.45, 2.75) is 12.5 Å². The Morgan fingerprint density at radius 2 is 2.40 bits per heavy atom. The molecule has 0 aliphatic heterocycles. The summed E-state index contributed by atoms with van der Waals surface area (Å²) >= 11 is 0. The van der Waals surface area contributed by atoms with Gasteiger partial charge in [0, 0.05) is 0 Å². The van der Waals surface area contributed by atoms with E-state index < -0.39 is 12.0 Å². The molecule has 0 heterocycles. The standard InChI is InChI=1S/C5H11NO4/c1-6-4(5(7)8)2-3-10-9/h4,6,9H,2-3H2,1H3,(H,7,8). The van der Waals surface area contributed by atoms with Crippen molar-refractivity contribution in [3.63, 3.8) is 0 Å². The van der Waals surface area contributed by atoms with E-state index in [-0.39, 0.29) is 13.0 Å². The smallest absolute Gasteiger partial charge is 0.320 e. The minimum Gasteiger partial charge on any atom is -0.480 e. The van der Waals surface area contributed by atoms with Crippen LogP contribution in [-0.4, -0.2) is 36.0 Å². The molecule has 0 bridgehead atoms. The number of likely N-dealkylation sites (N-methyl/N-ethyl adjacent to an activating group) is 1. The van der Waals surface area contributed by atoms with E-state index >= 15 is 0 Å². The maximum atomic E-state index is 10.2. The Morgan fingerprint density at radius 1 is 1.80 bits per heavy atom. The zero-order valence-electron chi connectivity index (χ0n) is 5.70. The molecule has 60 valence electrons. The lowest BCUT2D eigenvalue weighted by Gasteiger charge is -2.08. The van der Waals surface area contributed by atoms with Gasteiger partial charge in [-0.15, -0.1) is 0 Å². The highest BCUT2D eigenvalue weighted by atomic mass is 17.1. The van der Waals surface area contributed by atoms with E-state index in [1.807, 2.05) is 0 Å². The van der Waals surface area contributed by atoms with E-state index in [0.717, 1.165) is 0 Å². The molecule has 5 nitrogen and oxygen atoms in total. The second-order valence-corrected chi connectivity index (χ2v) is 1.80. The largest absolute Gasteiger partial charge is 0.480 e. The topological polar surface area (TPSA) is 78.8 Å². The third kappa shape index (κ3) is 3.39. The van der Waals surface area contributed by atoms with Gasteiger partial charge in [-0.3, -0.25) is 10.1 Å². The molecule has 0 aliphatic rings. The number of aliphatic carboxylic acids is 1. The van der Waals surface area contributed by atoms with Crippen LogP contribution in [0.25, 0.3) is 0 Å². The second kappa shape index (κ2) is 5.16. The van der Waals surface area contributed by atoms with Gasteiger partial charge < -0.3 is 10.4 Å². The normalized spacial score (nSPS) is 13.0. The number of hydrogen-bond acceptors (Lipinski definition) is 4. The number of hydrogen-bond donors (Lipinski definition) is 3. The van der Waals surface area contributed by atoms with Gasteiger partial charge in [-0.25, -0.2) is 4.89 Å². The van der Waals surface area contributed by atoms with E-state index in [2.05, 4.69) is 10.2 Å². The van der Waals surface area contributed by atoms with E-state index in [9.17, 15) is 4.79 Å². The monoisotopic (exact) mass is 149 g/mol. The average molecular weight is 149 g/mol. The fourth-order valence-electron chi connectivity index (χ4n) is 0.562. The average Bonchev–Trinajstić information content (AvgIpc) is 1.89. The van der Waals surface area contributed by atoms with Crippen LogP contribution in [0.1, 0.15) is 6.42 Å².